The summed E-state index contributed by atoms with van der Waals surface area (Å²) in [4.78, 5) is 14.2. The van der Waals surface area contributed by atoms with Gasteiger partial charge in [-0.25, -0.2) is 4.79 Å². The molecule has 1 N–H and O–H groups in total. The van der Waals surface area contributed by atoms with Gasteiger partial charge in [0.25, 0.3) is 0 Å². The van der Waals surface area contributed by atoms with Gasteiger partial charge in [0.1, 0.15) is 5.60 Å². The number of ether oxygens (including phenoxy) is 1. The highest BCUT2D eigenvalue weighted by molar-refractivity contribution is 5.69. The van der Waals surface area contributed by atoms with Crippen molar-refractivity contribution in [2.75, 3.05) is 19.6 Å². The molecule has 1 atom stereocenters. The number of hydrogen-bond acceptors (Lipinski definition) is 3. The summed E-state index contributed by atoms with van der Waals surface area (Å²) >= 11 is 0. The van der Waals surface area contributed by atoms with Crippen molar-refractivity contribution in [3.63, 3.8) is 0 Å². The van der Waals surface area contributed by atoms with Crippen LogP contribution >= 0.6 is 0 Å². The van der Waals surface area contributed by atoms with Crippen LogP contribution in [0.15, 0.2) is 0 Å². The molecule has 18 heavy (non-hydrogen) atoms. The zero-order chi connectivity index (χ0) is 13.2. The molecule has 0 spiro atoms. The molecule has 0 radical (unpaired) electrons. The van der Waals surface area contributed by atoms with Crippen LogP contribution in [0.1, 0.15) is 46.5 Å². The van der Waals surface area contributed by atoms with Gasteiger partial charge in [0.15, 0.2) is 0 Å². The van der Waals surface area contributed by atoms with Crippen LogP contribution in [0.2, 0.25) is 0 Å². The normalized spacial score (nSPS) is 26.4. The monoisotopic (exact) mass is 254 g/mol. The smallest absolute Gasteiger partial charge is 0.410 e. The third kappa shape index (κ3) is 3.37. The van der Waals surface area contributed by atoms with Crippen LogP contribution in [-0.2, 0) is 4.74 Å². The number of likely N-dealkylation sites (tertiary alicyclic amines) is 1. The predicted molar refractivity (Wildman–Crippen MR) is 71.6 cm³/mol. The average molecular weight is 254 g/mol. The zero-order valence-electron chi connectivity index (χ0n) is 11.9. The fourth-order valence-electron chi connectivity index (χ4n) is 3.06. The predicted octanol–water partition coefficient (Wildman–Crippen LogP) is 2.39. The first kappa shape index (κ1) is 13.7. The summed E-state index contributed by atoms with van der Waals surface area (Å²) in [5.41, 5.74) is -0.391. The summed E-state index contributed by atoms with van der Waals surface area (Å²) in [5, 5.41) is 3.39. The summed E-state index contributed by atoms with van der Waals surface area (Å²) in [6.45, 7) is 8.83. The fourth-order valence-corrected chi connectivity index (χ4v) is 3.06. The average Bonchev–Trinajstić information content (AvgIpc) is 2.76. The lowest BCUT2D eigenvalue weighted by atomic mass is 9.89. The van der Waals surface area contributed by atoms with Gasteiger partial charge in [-0.2, -0.15) is 0 Å². The second-order valence-electron chi connectivity index (χ2n) is 6.47. The largest absolute Gasteiger partial charge is 0.444 e. The molecule has 0 unspecified atom stereocenters. The lowest BCUT2D eigenvalue weighted by molar-refractivity contribution is 0.0160. The highest BCUT2D eigenvalue weighted by Gasteiger charge is 2.37. The van der Waals surface area contributed by atoms with E-state index in [1.165, 1.54) is 12.8 Å². The van der Waals surface area contributed by atoms with Gasteiger partial charge in [0.05, 0.1) is 0 Å². The highest BCUT2D eigenvalue weighted by Crippen LogP contribution is 2.30. The first-order valence-electron chi connectivity index (χ1n) is 7.18. The van der Waals surface area contributed by atoms with Gasteiger partial charge < -0.3 is 15.0 Å². The first-order valence-corrected chi connectivity index (χ1v) is 7.18. The Morgan fingerprint density at radius 1 is 1.22 bits per heavy atom. The van der Waals surface area contributed by atoms with E-state index < -0.39 is 5.60 Å². The number of rotatable bonds is 1. The van der Waals surface area contributed by atoms with E-state index in [2.05, 4.69) is 5.32 Å². The highest BCUT2D eigenvalue weighted by atomic mass is 16.6. The number of carbonyl (C=O) groups excluding carboxylic acids is 1. The van der Waals surface area contributed by atoms with Crippen molar-refractivity contribution in [3.05, 3.63) is 0 Å². The van der Waals surface area contributed by atoms with Gasteiger partial charge in [-0.05, 0) is 65.5 Å². The number of nitrogens with zero attached hydrogens (tertiary/aromatic N) is 1. The lowest BCUT2D eigenvalue weighted by Gasteiger charge is -2.35. The molecule has 0 bridgehead atoms. The third-order valence-electron chi connectivity index (χ3n) is 3.86. The summed E-state index contributed by atoms with van der Waals surface area (Å²) in [7, 11) is 0. The van der Waals surface area contributed by atoms with E-state index in [0.717, 1.165) is 32.5 Å². The Morgan fingerprint density at radius 2 is 1.89 bits per heavy atom. The van der Waals surface area contributed by atoms with Gasteiger partial charge in [0, 0.05) is 12.6 Å². The zero-order valence-corrected chi connectivity index (χ0v) is 11.9. The number of carbonyl (C=O) groups is 1. The topological polar surface area (TPSA) is 41.6 Å². The molecule has 2 heterocycles. The molecular formula is C14H26N2O2. The molecule has 1 amide bonds. The minimum absolute atomic E-state index is 0.122. The molecule has 2 fully saturated rings. The van der Waals surface area contributed by atoms with Gasteiger partial charge in [0.2, 0.25) is 0 Å². The van der Waals surface area contributed by atoms with Crippen molar-refractivity contribution < 1.29 is 9.53 Å². The Balaban J connectivity index is 1.96. The second-order valence-corrected chi connectivity index (χ2v) is 6.47. The Hall–Kier alpha value is -0.770. The van der Waals surface area contributed by atoms with Crippen molar-refractivity contribution in [3.8, 4) is 0 Å². The maximum atomic E-state index is 12.2. The molecule has 2 aliphatic heterocycles. The van der Waals surface area contributed by atoms with Gasteiger partial charge in [-0.1, -0.05) is 0 Å². The van der Waals surface area contributed by atoms with Crippen molar-refractivity contribution in [1.82, 2.24) is 10.2 Å². The first-order chi connectivity index (χ1) is 8.47. The van der Waals surface area contributed by atoms with E-state index in [1.807, 2.05) is 25.7 Å². The van der Waals surface area contributed by atoms with E-state index in [1.54, 1.807) is 0 Å². The number of amides is 1. The van der Waals surface area contributed by atoms with Crippen LogP contribution in [0.5, 0.6) is 0 Å². The minimum Gasteiger partial charge on any atom is -0.444 e. The van der Waals surface area contributed by atoms with Gasteiger partial charge in [-0.15, -0.1) is 0 Å². The van der Waals surface area contributed by atoms with Crippen LogP contribution < -0.4 is 5.32 Å². The van der Waals surface area contributed by atoms with Crippen LogP contribution in [0, 0.1) is 5.92 Å². The molecule has 0 aromatic carbocycles. The maximum absolute atomic E-state index is 12.2. The van der Waals surface area contributed by atoms with E-state index in [0.29, 0.717) is 12.0 Å². The number of piperidine rings is 1. The van der Waals surface area contributed by atoms with Crippen LogP contribution in [0.4, 0.5) is 4.79 Å². The minimum atomic E-state index is -0.391. The molecule has 0 aromatic rings. The second kappa shape index (κ2) is 5.47. The van der Waals surface area contributed by atoms with Crippen LogP contribution in [0.25, 0.3) is 0 Å². The maximum Gasteiger partial charge on any atom is 0.410 e. The molecule has 2 rings (SSSR count). The molecule has 4 nitrogen and oxygen atoms in total. The molecule has 2 saturated heterocycles. The van der Waals surface area contributed by atoms with Gasteiger partial charge in [-0.3, -0.25) is 0 Å². The molecule has 0 aliphatic carbocycles. The lowest BCUT2D eigenvalue weighted by Crippen LogP contribution is -2.45. The molecule has 4 heteroatoms. The van der Waals surface area contributed by atoms with Crippen LogP contribution in [-0.4, -0.2) is 42.3 Å². The Morgan fingerprint density at radius 3 is 2.50 bits per heavy atom. The van der Waals surface area contributed by atoms with Crippen molar-refractivity contribution in [2.24, 2.45) is 5.92 Å². The standard InChI is InChI=1S/C14H26N2O2/c1-14(2,3)18-13(17)16-10-4-5-12(16)11-6-8-15-9-7-11/h11-12,15H,4-10H2,1-3H3/t12-/m1/s1. The summed E-state index contributed by atoms with van der Waals surface area (Å²) in [6, 6.07) is 0.405. The summed E-state index contributed by atoms with van der Waals surface area (Å²) in [5.74, 6) is 0.654. The molecule has 104 valence electrons. The number of hydrogen-bond donors (Lipinski definition) is 1. The number of nitrogens with one attached hydrogen (secondary N) is 1. The Kier molecular flexibility index (Phi) is 4.15. The summed E-state index contributed by atoms with van der Waals surface area (Å²) < 4.78 is 5.51. The Labute approximate surface area is 110 Å². The third-order valence-corrected chi connectivity index (χ3v) is 3.86. The molecule has 0 aromatic heterocycles. The SMILES string of the molecule is CC(C)(C)OC(=O)N1CCC[C@@H]1C1CCNCC1. The Bertz CT molecular complexity index is 293. The van der Waals surface area contributed by atoms with Crippen molar-refractivity contribution in [2.45, 2.75) is 58.1 Å². The van der Waals surface area contributed by atoms with E-state index >= 15 is 0 Å². The van der Waals surface area contributed by atoms with E-state index in [-0.39, 0.29) is 6.09 Å². The van der Waals surface area contributed by atoms with Crippen molar-refractivity contribution >= 4 is 6.09 Å². The van der Waals surface area contributed by atoms with E-state index in [4.69, 9.17) is 4.74 Å². The quantitative estimate of drug-likeness (QED) is 0.781. The molecule has 2 aliphatic rings. The van der Waals surface area contributed by atoms with E-state index in [9.17, 15) is 4.79 Å². The summed E-state index contributed by atoms with van der Waals surface area (Å²) in [6.07, 6.45) is 4.51. The van der Waals surface area contributed by atoms with Crippen molar-refractivity contribution in [1.29, 1.82) is 0 Å². The van der Waals surface area contributed by atoms with Gasteiger partial charge >= 0.3 is 6.09 Å². The molecule has 0 saturated carbocycles. The van der Waals surface area contributed by atoms with Crippen LogP contribution in [0.3, 0.4) is 0 Å². The fraction of sp³-hybridized carbons (Fsp3) is 0.929. The molecular weight excluding hydrogens is 228 g/mol.